The molecular weight excluding hydrogens is 438 g/mol. The van der Waals surface area contributed by atoms with E-state index in [0.29, 0.717) is 27.0 Å². The summed E-state index contributed by atoms with van der Waals surface area (Å²) in [5, 5.41) is 11.9. The van der Waals surface area contributed by atoms with Crippen LogP contribution in [-0.2, 0) is 0 Å². The van der Waals surface area contributed by atoms with Crippen LogP contribution in [0, 0.1) is 10.6 Å². The molecule has 2 aromatic carbocycles. The standard InChI is InChI=1S/C15H8BrCl2FN4S/c16-9-1-4-13(19)8(5-9)7-20-23-14(21-22-15(23)24)11-3-2-10(17)6-12(11)18/h1-7H,(H,22,24). The number of nitrogens with zero attached hydrogens (tertiary/aromatic N) is 3. The van der Waals surface area contributed by atoms with Crippen LogP contribution in [0.5, 0.6) is 0 Å². The molecule has 1 heterocycles. The Kier molecular flexibility index (Phi) is 5.15. The molecular formula is C15H8BrCl2FN4S. The molecule has 9 heteroatoms. The molecule has 0 radical (unpaired) electrons. The van der Waals surface area contributed by atoms with Crippen molar-refractivity contribution in [1.82, 2.24) is 14.9 Å². The first-order valence-electron chi connectivity index (χ1n) is 6.58. The number of halogens is 4. The molecule has 3 aromatic rings. The van der Waals surface area contributed by atoms with Gasteiger partial charge in [-0.05, 0) is 48.6 Å². The average Bonchev–Trinajstić information content (AvgIpc) is 2.89. The molecule has 1 aromatic heterocycles. The zero-order valence-corrected chi connectivity index (χ0v) is 15.7. The monoisotopic (exact) mass is 444 g/mol. The lowest BCUT2D eigenvalue weighted by Gasteiger charge is -2.04. The predicted molar refractivity (Wildman–Crippen MR) is 100.0 cm³/mol. The summed E-state index contributed by atoms with van der Waals surface area (Å²) in [6.45, 7) is 0. The van der Waals surface area contributed by atoms with Crippen LogP contribution in [0.25, 0.3) is 11.4 Å². The summed E-state index contributed by atoms with van der Waals surface area (Å²) in [5.74, 6) is -0.00337. The van der Waals surface area contributed by atoms with E-state index in [-0.39, 0.29) is 4.77 Å². The van der Waals surface area contributed by atoms with Crippen molar-refractivity contribution < 1.29 is 4.39 Å². The number of hydrogen-bond acceptors (Lipinski definition) is 3. The van der Waals surface area contributed by atoms with Crippen LogP contribution in [0.4, 0.5) is 4.39 Å². The Morgan fingerprint density at radius 1 is 1.25 bits per heavy atom. The summed E-state index contributed by atoms with van der Waals surface area (Å²) in [7, 11) is 0. The van der Waals surface area contributed by atoms with Crippen molar-refractivity contribution in [3.05, 3.63) is 67.1 Å². The van der Waals surface area contributed by atoms with Crippen molar-refractivity contribution in [2.45, 2.75) is 0 Å². The van der Waals surface area contributed by atoms with Crippen LogP contribution in [0.3, 0.4) is 0 Å². The third-order valence-electron chi connectivity index (χ3n) is 3.09. The van der Waals surface area contributed by atoms with Gasteiger partial charge in [-0.3, -0.25) is 0 Å². The Labute approximate surface area is 160 Å². The van der Waals surface area contributed by atoms with Gasteiger partial charge in [-0.25, -0.2) is 9.49 Å². The van der Waals surface area contributed by atoms with E-state index < -0.39 is 5.82 Å². The quantitative estimate of drug-likeness (QED) is 0.415. The molecule has 0 aliphatic carbocycles. The molecule has 0 amide bonds. The highest BCUT2D eigenvalue weighted by molar-refractivity contribution is 9.10. The van der Waals surface area contributed by atoms with Crippen LogP contribution < -0.4 is 0 Å². The second-order valence-corrected chi connectivity index (χ2v) is 6.84. The van der Waals surface area contributed by atoms with Crippen LogP contribution in [-0.4, -0.2) is 21.1 Å². The Balaban J connectivity index is 2.06. The smallest absolute Gasteiger partial charge is 0.216 e. The SMILES string of the molecule is Fc1ccc(Br)cc1C=Nn1c(-c2ccc(Cl)cc2Cl)n[nH]c1=S. The lowest BCUT2D eigenvalue weighted by Crippen LogP contribution is -1.97. The molecule has 24 heavy (non-hydrogen) atoms. The van der Waals surface area contributed by atoms with Crippen molar-refractivity contribution in [3.63, 3.8) is 0 Å². The third kappa shape index (κ3) is 3.59. The number of benzene rings is 2. The van der Waals surface area contributed by atoms with Crippen molar-refractivity contribution in [3.8, 4) is 11.4 Å². The predicted octanol–water partition coefficient (Wildman–Crippen LogP) is 5.70. The molecule has 0 saturated heterocycles. The van der Waals surface area contributed by atoms with Gasteiger partial charge in [0.1, 0.15) is 5.82 Å². The number of rotatable bonds is 3. The molecule has 0 aliphatic rings. The van der Waals surface area contributed by atoms with Crippen LogP contribution in [0.15, 0.2) is 46.0 Å². The molecule has 0 saturated carbocycles. The van der Waals surface area contributed by atoms with E-state index in [1.165, 1.54) is 17.0 Å². The summed E-state index contributed by atoms with van der Waals surface area (Å²) in [6.07, 6.45) is 1.36. The molecule has 122 valence electrons. The third-order valence-corrected chi connectivity index (χ3v) is 4.40. The van der Waals surface area contributed by atoms with E-state index in [0.717, 1.165) is 4.47 Å². The Morgan fingerprint density at radius 2 is 2.04 bits per heavy atom. The van der Waals surface area contributed by atoms with Gasteiger partial charge in [0.25, 0.3) is 0 Å². The van der Waals surface area contributed by atoms with Crippen molar-refractivity contribution in [2.75, 3.05) is 0 Å². The Hall–Kier alpha value is -1.54. The van der Waals surface area contributed by atoms with Gasteiger partial charge in [-0.15, -0.1) is 0 Å². The van der Waals surface area contributed by atoms with Crippen LogP contribution in [0.1, 0.15) is 5.56 Å². The highest BCUT2D eigenvalue weighted by atomic mass is 79.9. The van der Waals surface area contributed by atoms with E-state index in [4.69, 9.17) is 35.4 Å². The number of H-pyrrole nitrogens is 1. The van der Waals surface area contributed by atoms with E-state index in [2.05, 4.69) is 31.2 Å². The second-order valence-electron chi connectivity index (χ2n) is 4.70. The first-order valence-corrected chi connectivity index (χ1v) is 8.53. The molecule has 0 bridgehead atoms. The lowest BCUT2D eigenvalue weighted by molar-refractivity contribution is 0.625. The molecule has 0 fully saturated rings. The first-order chi connectivity index (χ1) is 11.5. The summed E-state index contributed by atoms with van der Waals surface area (Å²) in [6, 6.07) is 9.55. The van der Waals surface area contributed by atoms with Gasteiger partial charge in [0.2, 0.25) is 4.77 Å². The van der Waals surface area contributed by atoms with Gasteiger partial charge in [0.15, 0.2) is 5.82 Å². The van der Waals surface area contributed by atoms with Gasteiger partial charge in [0.05, 0.1) is 11.2 Å². The average molecular weight is 446 g/mol. The van der Waals surface area contributed by atoms with E-state index in [1.54, 1.807) is 30.3 Å². The van der Waals surface area contributed by atoms with Gasteiger partial charge in [-0.1, -0.05) is 39.1 Å². The van der Waals surface area contributed by atoms with Crippen LogP contribution in [0.2, 0.25) is 10.0 Å². The molecule has 1 N–H and O–H groups in total. The highest BCUT2D eigenvalue weighted by Gasteiger charge is 2.12. The zero-order chi connectivity index (χ0) is 17.3. The number of hydrogen-bond donors (Lipinski definition) is 1. The summed E-state index contributed by atoms with van der Waals surface area (Å²) >= 11 is 20.6. The fraction of sp³-hybridized carbons (Fsp3) is 0. The minimum absolute atomic E-state index is 0.252. The van der Waals surface area contributed by atoms with Gasteiger partial charge >= 0.3 is 0 Å². The minimum Gasteiger partial charge on any atom is -0.250 e. The van der Waals surface area contributed by atoms with Gasteiger partial charge in [-0.2, -0.15) is 14.9 Å². The minimum atomic E-state index is -0.400. The number of nitrogens with one attached hydrogen (secondary N) is 1. The molecule has 0 aliphatic heterocycles. The number of aromatic nitrogens is 3. The topological polar surface area (TPSA) is 46.0 Å². The zero-order valence-electron chi connectivity index (χ0n) is 11.8. The Morgan fingerprint density at radius 3 is 2.79 bits per heavy atom. The van der Waals surface area contributed by atoms with Crippen LogP contribution >= 0.6 is 51.3 Å². The van der Waals surface area contributed by atoms with Crippen molar-refractivity contribution >= 4 is 57.6 Å². The normalized spacial score (nSPS) is 11.3. The summed E-state index contributed by atoms with van der Waals surface area (Å²) in [4.78, 5) is 0. The molecule has 3 rings (SSSR count). The van der Waals surface area contributed by atoms with Crippen molar-refractivity contribution in [1.29, 1.82) is 0 Å². The molecule has 0 unspecified atom stereocenters. The van der Waals surface area contributed by atoms with Gasteiger partial charge in [0, 0.05) is 20.6 Å². The second kappa shape index (κ2) is 7.14. The maximum Gasteiger partial charge on any atom is 0.216 e. The maximum absolute atomic E-state index is 13.8. The number of aromatic amines is 1. The van der Waals surface area contributed by atoms with Gasteiger partial charge < -0.3 is 0 Å². The largest absolute Gasteiger partial charge is 0.250 e. The molecule has 0 spiro atoms. The van der Waals surface area contributed by atoms with E-state index in [1.807, 2.05) is 0 Å². The first kappa shape index (κ1) is 17.3. The Bertz CT molecular complexity index is 999. The van der Waals surface area contributed by atoms with E-state index >= 15 is 0 Å². The summed E-state index contributed by atoms with van der Waals surface area (Å²) < 4.78 is 16.2. The highest BCUT2D eigenvalue weighted by Crippen LogP contribution is 2.29. The lowest BCUT2D eigenvalue weighted by atomic mass is 10.2. The fourth-order valence-corrected chi connectivity index (χ4v) is 3.03. The fourth-order valence-electron chi connectivity index (χ4n) is 1.98. The molecule has 0 atom stereocenters. The van der Waals surface area contributed by atoms with Crippen molar-refractivity contribution in [2.24, 2.45) is 5.10 Å². The van der Waals surface area contributed by atoms with E-state index in [9.17, 15) is 4.39 Å². The summed E-state index contributed by atoms with van der Waals surface area (Å²) in [5.41, 5.74) is 0.904. The molecule has 4 nitrogen and oxygen atoms in total. The maximum atomic E-state index is 13.8.